The summed E-state index contributed by atoms with van der Waals surface area (Å²) in [5.41, 5.74) is 3.03. The largest absolute Gasteiger partial charge is 0.372 e. The number of hydroxylamine groups is 1. The van der Waals surface area contributed by atoms with Crippen molar-refractivity contribution in [3.63, 3.8) is 0 Å². The maximum atomic E-state index is 12.4. The van der Waals surface area contributed by atoms with E-state index >= 15 is 0 Å². The molecule has 1 aliphatic carbocycles. The standard InChI is InChI=1S/C18H22N2O4/c1-24-11-3-4-13-7-9-14(10-8-13)18(22)19-16-6-2-5-15(16)12-17(21)20-23/h7-10,15-16,23H,2,5-6,11-12H2,1H3,(H,19,22)(H,20,21)/t15-,16-/m0/s1. The average molecular weight is 330 g/mol. The van der Waals surface area contributed by atoms with E-state index in [1.807, 2.05) is 0 Å². The molecule has 128 valence electrons. The van der Waals surface area contributed by atoms with Crippen molar-refractivity contribution >= 4 is 11.8 Å². The molecule has 6 heteroatoms. The number of hydrogen-bond donors (Lipinski definition) is 3. The van der Waals surface area contributed by atoms with Gasteiger partial charge in [0.25, 0.3) is 5.91 Å². The molecule has 0 radical (unpaired) electrons. The topological polar surface area (TPSA) is 87.7 Å². The molecule has 1 aromatic rings. The molecule has 2 atom stereocenters. The molecule has 3 N–H and O–H groups in total. The minimum atomic E-state index is -0.417. The summed E-state index contributed by atoms with van der Waals surface area (Å²) in [4.78, 5) is 23.7. The Morgan fingerprint density at radius 3 is 2.71 bits per heavy atom. The first-order valence-electron chi connectivity index (χ1n) is 7.95. The van der Waals surface area contributed by atoms with Gasteiger partial charge in [0, 0.05) is 30.7 Å². The average Bonchev–Trinajstić information content (AvgIpc) is 3.02. The first-order valence-corrected chi connectivity index (χ1v) is 7.95. The van der Waals surface area contributed by atoms with Gasteiger partial charge in [-0.3, -0.25) is 14.8 Å². The second-order valence-electron chi connectivity index (χ2n) is 5.82. The molecular formula is C18H22N2O4. The van der Waals surface area contributed by atoms with Gasteiger partial charge < -0.3 is 10.1 Å². The molecule has 2 rings (SSSR count). The Bertz CT molecular complexity index is 631. The fraction of sp³-hybridized carbons (Fsp3) is 0.444. The van der Waals surface area contributed by atoms with Gasteiger partial charge in [-0.15, -0.1) is 0 Å². The van der Waals surface area contributed by atoms with Crippen molar-refractivity contribution in [2.45, 2.75) is 31.7 Å². The summed E-state index contributed by atoms with van der Waals surface area (Å²) in [6, 6.07) is 7.01. The molecule has 0 unspecified atom stereocenters. The Hall–Kier alpha value is -2.36. The number of carbonyl (C=O) groups is 2. The lowest BCUT2D eigenvalue weighted by Gasteiger charge is -2.20. The van der Waals surface area contributed by atoms with Crippen LogP contribution in [0.5, 0.6) is 0 Å². The van der Waals surface area contributed by atoms with Gasteiger partial charge in [0.2, 0.25) is 5.91 Å². The predicted molar refractivity (Wildman–Crippen MR) is 88.3 cm³/mol. The summed E-state index contributed by atoms with van der Waals surface area (Å²) < 4.78 is 4.86. The van der Waals surface area contributed by atoms with Gasteiger partial charge in [-0.2, -0.15) is 0 Å². The number of rotatable bonds is 5. The highest BCUT2D eigenvalue weighted by molar-refractivity contribution is 5.94. The highest BCUT2D eigenvalue weighted by Gasteiger charge is 2.30. The Balaban J connectivity index is 1.94. The fourth-order valence-electron chi connectivity index (χ4n) is 2.92. The Labute approximate surface area is 141 Å². The monoisotopic (exact) mass is 330 g/mol. The molecule has 24 heavy (non-hydrogen) atoms. The van der Waals surface area contributed by atoms with E-state index < -0.39 is 5.91 Å². The van der Waals surface area contributed by atoms with Gasteiger partial charge in [0.15, 0.2) is 0 Å². The molecule has 1 fully saturated rings. The zero-order valence-electron chi connectivity index (χ0n) is 13.7. The van der Waals surface area contributed by atoms with Gasteiger partial charge in [0.05, 0.1) is 0 Å². The number of amides is 2. The second-order valence-corrected chi connectivity index (χ2v) is 5.82. The highest BCUT2D eigenvalue weighted by Crippen LogP contribution is 2.28. The second kappa shape index (κ2) is 9.06. The van der Waals surface area contributed by atoms with Crippen molar-refractivity contribution in [2.75, 3.05) is 13.7 Å². The number of benzene rings is 1. The molecule has 0 aromatic heterocycles. The van der Waals surface area contributed by atoms with E-state index in [9.17, 15) is 9.59 Å². The fourth-order valence-corrected chi connectivity index (χ4v) is 2.92. The van der Waals surface area contributed by atoms with E-state index in [2.05, 4.69) is 17.2 Å². The molecule has 0 spiro atoms. The van der Waals surface area contributed by atoms with Crippen LogP contribution in [-0.4, -0.2) is 36.8 Å². The van der Waals surface area contributed by atoms with Crippen LogP contribution in [0.3, 0.4) is 0 Å². The van der Waals surface area contributed by atoms with Gasteiger partial charge in [0.1, 0.15) is 6.61 Å². The summed E-state index contributed by atoms with van der Waals surface area (Å²) in [5.74, 6) is 5.28. The van der Waals surface area contributed by atoms with Crippen LogP contribution in [0.2, 0.25) is 0 Å². The van der Waals surface area contributed by atoms with Crippen LogP contribution in [0, 0.1) is 17.8 Å². The zero-order chi connectivity index (χ0) is 17.4. The van der Waals surface area contributed by atoms with Crippen LogP contribution in [0.1, 0.15) is 41.6 Å². The van der Waals surface area contributed by atoms with Crippen molar-refractivity contribution < 1.29 is 19.5 Å². The molecule has 6 nitrogen and oxygen atoms in total. The van der Waals surface area contributed by atoms with Crippen molar-refractivity contribution in [3.05, 3.63) is 35.4 Å². The third kappa shape index (κ3) is 5.08. The van der Waals surface area contributed by atoms with Gasteiger partial charge in [-0.25, -0.2) is 5.48 Å². The normalized spacial score (nSPS) is 19.2. The molecule has 0 heterocycles. The molecule has 0 saturated heterocycles. The van der Waals surface area contributed by atoms with E-state index in [1.54, 1.807) is 36.9 Å². The lowest BCUT2D eigenvalue weighted by atomic mass is 9.98. The van der Waals surface area contributed by atoms with Crippen LogP contribution in [0.15, 0.2) is 24.3 Å². The summed E-state index contributed by atoms with van der Waals surface area (Å²) in [6.07, 6.45) is 2.89. The van der Waals surface area contributed by atoms with E-state index in [0.29, 0.717) is 12.2 Å². The Morgan fingerprint density at radius 2 is 2.04 bits per heavy atom. The number of ether oxygens (including phenoxy) is 1. The third-order valence-corrected chi connectivity index (χ3v) is 4.14. The highest BCUT2D eigenvalue weighted by atomic mass is 16.5. The van der Waals surface area contributed by atoms with E-state index in [4.69, 9.17) is 9.94 Å². The summed E-state index contributed by atoms with van der Waals surface area (Å²) >= 11 is 0. The van der Waals surface area contributed by atoms with Gasteiger partial charge >= 0.3 is 0 Å². The van der Waals surface area contributed by atoms with Crippen LogP contribution in [-0.2, 0) is 9.53 Å². The van der Waals surface area contributed by atoms with E-state index in [1.165, 1.54) is 0 Å². The first kappa shape index (κ1) is 18.0. The summed E-state index contributed by atoms with van der Waals surface area (Å²) in [6.45, 7) is 0.368. The van der Waals surface area contributed by atoms with Crippen LogP contribution in [0.4, 0.5) is 0 Å². The van der Waals surface area contributed by atoms with Crippen LogP contribution < -0.4 is 10.8 Å². The SMILES string of the molecule is COCC#Cc1ccc(C(=O)N[C@H]2CCC[C@H]2CC(=O)NO)cc1. The van der Waals surface area contributed by atoms with E-state index in [0.717, 1.165) is 24.8 Å². The predicted octanol–water partition coefficient (Wildman–Crippen LogP) is 1.48. The first-order chi connectivity index (χ1) is 11.6. The molecule has 1 saturated carbocycles. The molecule has 2 amide bonds. The molecule has 0 aliphatic heterocycles. The van der Waals surface area contributed by atoms with Gasteiger partial charge in [-0.1, -0.05) is 18.3 Å². The number of nitrogens with one attached hydrogen (secondary N) is 2. The lowest BCUT2D eigenvalue weighted by Crippen LogP contribution is -2.39. The van der Waals surface area contributed by atoms with E-state index in [-0.39, 0.29) is 24.3 Å². The molecule has 1 aliphatic rings. The zero-order valence-corrected chi connectivity index (χ0v) is 13.7. The Kier molecular flexibility index (Phi) is 6.79. The number of carbonyl (C=O) groups excluding carboxylic acids is 2. The number of methoxy groups -OCH3 is 1. The minimum absolute atomic E-state index is 0.0454. The van der Waals surface area contributed by atoms with Gasteiger partial charge in [-0.05, 0) is 43.0 Å². The van der Waals surface area contributed by atoms with Crippen molar-refractivity contribution in [3.8, 4) is 11.8 Å². The Morgan fingerprint density at radius 1 is 1.29 bits per heavy atom. The summed E-state index contributed by atoms with van der Waals surface area (Å²) in [5, 5.41) is 11.6. The number of hydrogen-bond acceptors (Lipinski definition) is 4. The third-order valence-electron chi connectivity index (χ3n) is 4.14. The maximum Gasteiger partial charge on any atom is 0.251 e. The van der Waals surface area contributed by atoms with Crippen molar-refractivity contribution in [1.29, 1.82) is 0 Å². The lowest BCUT2D eigenvalue weighted by molar-refractivity contribution is -0.130. The van der Waals surface area contributed by atoms with Crippen LogP contribution in [0.25, 0.3) is 0 Å². The molecule has 1 aromatic carbocycles. The summed E-state index contributed by atoms with van der Waals surface area (Å²) in [7, 11) is 1.59. The molecular weight excluding hydrogens is 308 g/mol. The molecule has 0 bridgehead atoms. The quantitative estimate of drug-likeness (QED) is 0.433. The van der Waals surface area contributed by atoms with Crippen molar-refractivity contribution in [1.82, 2.24) is 10.8 Å². The maximum absolute atomic E-state index is 12.4. The minimum Gasteiger partial charge on any atom is -0.372 e. The van der Waals surface area contributed by atoms with Crippen LogP contribution >= 0.6 is 0 Å². The smallest absolute Gasteiger partial charge is 0.251 e. The van der Waals surface area contributed by atoms with Crippen molar-refractivity contribution in [2.24, 2.45) is 5.92 Å².